The molecule has 2 N–H and O–H groups in total. The minimum atomic E-state index is -0.270. The standard InChI is InChI=1S/C19H19N5O2/c1-12-14(8-9-17(25)22-12)23-19(26)18-16(7-4-10-20-18)24-15-6-3-2-5-13(15)11-21-24/h2-7,10-12,14H,8-9H2,1H3,(H,22,25)(H,23,26). The molecule has 1 saturated heterocycles. The molecule has 1 fully saturated rings. The average molecular weight is 349 g/mol. The molecular weight excluding hydrogens is 330 g/mol. The molecule has 3 heterocycles. The van der Waals surface area contributed by atoms with Crippen molar-refractivity contribution in [1.29, 1.82) is 0 Å². The highest BCUT2D eigenvalue weighted by Gasteiger charge is 2.28. The van der Waals surface area contributed by atoms with E-state index in [9.17, 15) is 9.59 Å². The molecule has 0 radical (unpaired) electrons. The molecule has 1 aliphatic rings. The van der Waals surface area contributed by atoms with E-state index in [1.807, 2.05) is 37.3 Å². The Hall–Kier alpha value is -3.22. The summed E-state index contributed by atoms with van der Waals surface area (Å²) < 4.78 is 1.73. The van der Waals surface area contributed by atoms with Gasteiger partial charge in [0.1, 0.15) is 0 Å². The van der Waals surface area contributed by atoms with Crippen molar-refractivity contribution in [2.24, 2.45) is 0 Å². The van der Waals surface area contributed by atoms with Crippen molar-refractivity contribution in [3.05, 3.63) is 54.5 Å². The monoisotopic (exact) mass is 349 g/mol. The van der Waals surface area contributed by atoms with E-state index in [0.717, 1.165) is 10.9 Å². The van der Waals surface area contributed by atoms with Crippen LogP contribution < -0.4 is 10.6 Å². The lowest BCUT2D eigenvalue weighted by molar-refractivity contribution is -0.123. The number of hydrogen-bond acceptors (Lipinski definition) is 4. The normalized spacial score (nSPS) is 20.0. The van der Waals surface area contributed by atoms with Crippen molar-refractivity contribution < 1.29 is 9.59 Å². The van der Waals surface area contributed by atoms with Crippen molar-refractivity contribution in [3.8, 4) is 5.69 Å². The second-order valence-electron chi connectivity index (χ2n) is 6.46. The van der Waals surface area contributed by atoms with E-state index in [4.69, 9.17) is 0 Å². The van der Waals surface area contributed by atoms with Crippen molar-refractivity contribution in [1.82, 2.24) is 25.4 Å². The van der Waals surface area contributed by atoms with Crippen molar-refractivity contribution >= 4 is 22.7 Å². The summed E-state index contributed by atoms with van der Waals surface area (Å²) in [5.41, 5.74) is 1.84. The predicted octanol–water partition coefficient (Wildman–Crippen LogP) is 1.82. The number of amides is 2. The number of fused-ring (bicyclic) bond motifs is 1. The molecule has 4 rings (SSSR count). The number of piperidine rings is 1. The number of carbonyl (C=O) groups excluding carboxylic acids is 2. The van der Waals surface area contributed by atoms with E-state index in [-0.39, 0.29) is 23.9 Å². The molecule has 132 valence electrons. The number of hydrogen-bond donors (Lipinski definition) is 2. The summed E-state index contributed by atoms with van der Waals surface area (Å²) >= 11 is 0. The van der Waals surface area contributed by atoms with Gasteiger partial charge in [-0.2, -0.15) is 5.10 Å². The van der Waals surface area contributed by atoms with E-state index in [0.29, 0.717) is 24.2 Å². The minimum absolute atomic E-state index is 0.0181. The fourth-order valence-corrected chi connectivity index (χ4v) is 3.30. The number of nitrogens with zero attached hydrogens (tertiary/aromatic N) is 3. The largest absolute Gasteiger partial charge is 0.352 e. The first-order valence-electron chi connectivity index (χ1n) is 8.62. The van der Waals surface area contributed by atoms with Gasteiger partial charge in [-0.05, 0) is 31.5 Å². The van der Waals surface area contributed by atoms with Crippen LogP contribution >= 0.6 is 0 Å². The molecule has 0 spiro atoms. The van der Waals surface area contributed by atoms with Crippen LogP contribution in [-0.2, 0) is 4.79 Å². The van der Waals surface area contributed by atoms with E-state index < -0.39 is 0 Å². The third kappa shape index (κ3) is 2.92. The molecular formula is C19H19N5O2. The maximum atomic E-state index is 12.9. The summed E-state index contributed by atoms with van der Waals surface area (Å²) in [6, 6.07) is 11.2. The number of benzene rings is 1. The van der Waals surface area contributed by atoms with E-state index in [1.54, 1.807) is 23.1 Å². The van der Waals surface area contributed by atoms with Crippen LogP contribution in [0.1, 0.15) is 30.3 Å². The fourth-order valence-electron chi connectivity index (χ4n) is 3.30. The first-order chi connectivity index (χ1) is 12.6. The van der Waals surface area contributed by atoms with Gasteiger partial charge in [-0.3, -0.25) is 9.59 Å². The van der Waals surface area contributed by atoms with Crippen LogP contribution in [0.25, 0.3) is 16.6 Å². The Kier molecular flexibility index (Phi) is 4.12. The molecule has 2 unspecified atom stereocenters. The highest BCUT2D eigenvalue weighted by Crippen LogP contribution is 2.20. The Morgan fingerprint density at radius 3 is 2.96 bits per heavy atom. The average Bonchev–Trinajstić information content (AvgIpc) is 3.08. The number of rotatable bonds is 3. The van der Waals surface area contributed by atoms with Gasteiger partial charge in [-0.1, -0.05) is 18.2 Å². The van der Waals surface area contributed by atoms with Gasteiger partial charge >= 0.3 is 0 Å². The van der Waals surface area contributed by atoms with Crippen LogP contribution in [0.2, 0.25) is 0 Å². The smallest absolute Gasteiger partial charge is 0.272 e. The Labute approximate surface area is 150 Å². The van der Waals surface area contributed by atoms with Crippen LogP contribution in [0, 0.1) is 0 Å². The number of aromatic nitrogens is 3. The molecule has 2 atom stereocenters. The summed E-state index contributed by atoms with van der Waals surface area (Å²) in [5.74, 6) is -0.252. The molecule has 2 aromatic heterocycles. The summed E-state index contributed by atoms with van der Waals surface area (Å²) in [7, 11) is 0. The fraction of sp³-hybridized carbons (Fsp3) is 0.263. The molecule has 0 bridgehead atoms. The van der Waals surface area contributed by atoms with Crippen LogP contribution in [-0.4, -0.2) is 38.7 Å². The van der Waals surface area contributed by atoms with Crippen LogP contribution in [0.3, 0.4) is 0 Å². The van der Waals surface area contributed by atoms with Gasteiger partial charge in [0.25, 0.3) is 5.91 Å². The summed E-state index contributed by atoms with van der Waals surface area (Å²) in [6.45, 7) is 1.89. The molecule has 1 aliphatic heterocycles. The summed E-state index contributed by atoms with van der Waals surface area (Å²) in [6.07, 6.45) is 4.39. The van der Waals surface area contributed by atoms with Crippen LogP contribution in [0.5, 0.6) is 0 Å². The predicted molar refractivity (Wildman–Crippen MR) is 97.0 cm³/mol. The summed E-state index contributed by atoms with van der Waals surface area (Å²) in [5, 5.41) is 11.3. The van der Waals surface area contributed by atoms with E-state index in [1.165, 1.54) is 0 Å². The second kappa shape index (κ2) is 6.59. The zero-order valence-electron chi connectivity index (χ0n) is 14.3. The van der Waals surface area contributed by atoms with Gasteiger partial charge in [0.2, 0.25) is 5.91 Å². The Morgan fingerprint density at radius 2 is 2.12 bits per heavy atom. The molecule has 7 heteroatoms. The third-order valence-electron chi connectivity index (χ3n) is 4.70. The van der Waals surface area contributed by atoms with Crippen LogP contribution in [0.4, 0.5) is 0 Å². The highest BCUT2D eigenvalue weighted by molar-refractivity contribution is 5.97. The molecule has 1 aromatic carbocycles. The summed E-state index contributed by atoms with van der Waals surface area (Å²) in [4.78, 5) is 28.6. The van der Waals surface area contributed by atoms with E-state index >= 15 is 0 Å². The Bertz CT molecular complexity index is 981. The van der Waals surface area contributed by atoms with Gasteiger partial charge in [-0.15, -0.1) is 0 Å². The van der Waals surface area contributed by atoms with Crippen molar-refractivity contribution in [3.63, 3.8) is 0 Å². The number of pyridine rings is 1. The zero-order valence-corrected chi connectivity index (χ0v) is 14.3. The number of carbonyl (C=O) groups is 2. The Morgan fingerprint density at radius 1 is 1.27 bits per heavy atom. The van der Waals surface area contributed by atoms with Gasteiger partial charge in [-0.25, -0.2) is 9.67 Å². The minimum Gasteiger partial charge on any atom is -0.352 e. The molecule has 2 amide bonds. The molecule has 26 heavy (non-hydrogen) atoms. The molecule has 0 saturated carbocycles. The SMILES string of the molecule is CC1NC(=O)CCC1NC(=O)c1ncccc1-n1ncc2ccccc21. The first-order valence-corrected chi connectivity index (χ1v) is 8.62. The topological polar surface area (TPSA) is 88.9 Å². The van der Waals surface area contributed by atoms with E-state index in [2.05, 4.69) is 20.7 Å². The number of nitrogens with one attached hydrogen (secondary N) is 2. The van der Waals surface area contributed by atoms with Gasteiger partial charge in [0, 0.05) is 30.1 Å². The van der Waals surface area contributed by atoms with Gasteiger partial charge < -0.3 is 10.6 Å². The maximum absolute atomic E-state index is 12.9. The van der Waals surface area contributed by atoms with Gasteiger partial charge in [0.15, 0.2) is 5.69 Å². The molecule has 0 aliphatic carbocycles. The van der Waals surface area contributed by atoms with Crippen molar-refractivity contribution in [2.45, 2.75) is 31.8 Å². The lowest BCUT2D eigenvalue weighted by Gasteiger charge is -2.30. The maximum Gasteiger partial charge on any atom is 0.272 e. The zero-order chi connectivity index (χ0) is 18.1. The second-order valence-corrected chi connectivity index (χ2v) is 6.46. The third-order valence-corrected chi connectivity index (χ3v) is 4.70. The highest BCUT2D eigenvalue weighted by atomic mass is 16.2. The lowest BCUT2D eigenvalue weighted by atomic mass is 9.99. The molecule has 7 nitrogen and oxygen atoms in total. The van der Waals surface area contributed by atoms with Gasteiger partial charge in [0.05, 0.1) is 17.4 Å². The molecule has 3 aromatic rings. The lowest BCUT2D eigenvalue weighted by Crippen LogP contribution is -2.54. The van der Waals surface area contributed by atoms with Crippen LogP contribution in [0.15, 0.2) is 48.8 Å². The number of para-hydroxylation sites is 1. The Balaban J connectivity index is 1.66. The quantitative estimate of drug-likeness (QED) is 0.755. The van der Waals surface area contributed by atoms with Crippen molar-refractivity contribution in [2.75, 3.05) is 0 Å². The first kappa shape index (κ1) is 16.3.